The molecule has 0 saturated heterocycles. The summed E-state index contributed by atoms with van der Waals surface area (Å²) in [6, 6.07) is 7.92. The van der Waals surface area contributed by atoms with Crippen LogP contribution in [0.5, 0.6) is 0 Å². The molecular formula is C15H20N4O2. The van der Waals surface area contributed by atoms with Crippen LogP contribution < -0.4 is 5.73 Å². The standard InChI is InChI=1S/C15H20N4O2/c1-3-5-6-11-7-9-12(10-8-11)19-14(16)13(17-18-19)15(20)21-4-2/h7-10H,3-6,16H2,1-2H3. The molecule has 0 spiro atoms. The number of carbonyl (C=O) groups excluding carboxylic acids is 1. The van der Waals surface area contributed by atoms with Crippen LogP contribution >= 0.6 is 0 Å². The van der Waals surface area contributed by atoms with Gasteiger partial charge in [0.05, 0.1) is 12.3 Å². The van der Waals surface area contributed by atoms with Crippen molar-refractivity contribution in [1.82, 2.24) is 15.0 Å². The van der Waals surface area contributed by atoms with E-state index in [0.717, 1.165) is 18.5 Å². The molecule has 112 valence electrons. The highest BCUT2D eigenvalue weighted by molar-refractivity contribution is 5.92. The molecule has 0 fully saturated rings. The summed E-state index contributed by atoms with van der Waals surface area (Å²) in [7, 11) is 0. The normalized spacial score (nSPS) is 10.6. The minimum atomic E-state index is -0.555. The predicted octanol–water partition coefficient (Wildman–Crippen LogP) is 2.37. The van der Waals surface area contributed by atoms with Gasteiger partial charge in [-0.15, -0.1) is 5.10 Å². The molecule has 1 aromatic carbocycles. The van der Waals surface area contributed by atoms with Crippen LogP contribution in [-0.2, 0) is 11.2 Å². The quantitative estimate of drug-likeness (QED) is 0.825. The summed E-state index contributed by atoms with van der Waals surface area (Å²) in [5.74, 6) is -0.365. The summed E-state index contributed by atoms with van der Waals surface area (Å²) in [5.41, 5.74) is 8.01. The zero-order valence-electron chi connectivity index (χ0n) is 12.4. The molecule has 0 aliphatic carbocycles. The first-order valence-corrected chi connectivity index (χ1v) is 7.15. The van der Waals surface area contributed by atoms with E-state index in [0.29, 0.717) is 0 Å². The van der Waals surface area contributed by atoms with Gasteiger partial charge in [-0.05, 0) is 37.5 Å². The molecule has 1 aromatic heterocycles. The maximum absolute atomic E-state index is 11.7. The molecule has 0 unspecified atom stereocenters. The van der Waals surface area contributed by atoms with Crippen LogP contribution in [0.15, 0.2) is 24.3 Å². The number of nitrogens with two attached hydrogens (primary N) is 1. The SMILES string of the molecule is CCCCc1ccc(-n2nnc(C(=O)OCC)c2N)cc1. The van der Waals surface area contributed by atoms with E-state index in [1.807, 2.05) is 24.3 Å². The lowest BCUT2D eigenvalue weighted by Gasteiger charge is -2.05. The highest BCUT2D eigenvalue weighted by Crippen LogP contribution is 2.17. The Morgan fingerprint density at radius 3 is 2.62 bits per heavy atom. The summed E-state index contributed by atoms with van der Waals surface area (Å²) in [4.78, 5) is 11.7. The van der Waals surface area contributed by atoms with Gasteiger partial charge in [0.25, 0.3) is 0 Å². The van der Waals surface area contributed by atoms with Crippen LogP contribution in [0.1, 0.15) is 42.7 Å². The highest BCUT2D eigenvalue weighted by atomic mass is 16.5. The van der Waals surface area contributed by atoms with Crippen molar-refractivity contribution in [3.05, 3.63) is 35.5 Å². The monoisotopic (exact) mass is 288 g/mol. The Kier molecular flexibility index (Phi) is 4.92. The number of nitrogen functional groups attached to an aromatic ring is 1. The minimum absolute atomic E-state index is 0.0481. The fraction of sp³-hybridized carbons (Fsp3) is 0.400. The molecule has 0 saturated carbocycles. The number of benzene rings is 1. The molecule has 0 aliphatic heterocycles. The summed E-state index contributed by atoms with van der Waals surface area (Å²) in [5, 5.41) is 7.72. The molecule has 0 aliphatic rings. The second kappa shape index (κ2) is 6.88. The van der Waals surface area contributed by atoms with Crippen LogP contribution in [0, 0.1) is 0 Å². The summed E-state index contributed by atoms with van der Waals surface area (Å²) >= 11 is 0. The van der Waals surface area contributed by atoms with E-state index < -0.39 is 5.97 Å². The molecule has 21 heavy (non-hydrogen) atoms. The Morgan fingerprint density at radius 1 is 1.29 bits per heavy atom. The fourth-order valence-electron chi connectivity index (χ4n) is 2.01. The van der Waals surface area contributed by atoms with Crippen LogP contribution in [0.3, 0.4) is 0 Å². The van der Waals surface area contributed by atoms with Crippen molar-refractivity contribution in [1.29, 1.82) is 0 Å². The number of hydrogen-bond acceptors (Lipinski definition) is 5. The molecule has 2 N–H and O–H groups in total. The van der Waals surface area contributed by atoms with E-state index in [1.54, 1.807) is 6.92 Å². The van der Waals surface area contributed by atoms with E-state index in [1.165, 1.54) is 16.7 Å². The maximum atomic E-state index is 11.7. The van der Waals surface area contributed by atoms with E-state index in [2.05, 4.69) is 17.2 Å². The van der Waals surface area contributed by atoms with E-state index >= 15 is 0 Å². The zero-order chi connectivity index (χ0) is 15.2. The van der Waals surface area contributed by atoms with Crippen molar-refractivity contribution in [3.63, 3.8) is 0 Å². The molecule has 0 amide bonds. The van der Waals surface area contributed by atoms with Crippen molar-refractivity contribution >= 4 is 11.8 Å². The van der Waals surface area contributed by atoms with Crippen LogP contribution in [-0.4, -0.2) is 27.6 Å². The molecule has 0 atom stereocenters. The van der Waals surface area contributed by atoms with Gasteiger partial charge in [0.2, 0.25) is 5.69 Å². The van der Waals surface area contributed by atoms with E-state index in [4.69, 9.17) is 10.5 Å². The molecule has 0 radical (unpaired) electrons. The number of aromatic nitrogens is 3. The zero-order valence-corrected chi connectivity index (χ0v) is 12.4. The van der Waals surface area contributed by atoms with Gasteiger partial charge in [-0.1, -0.05) is 30.7 Å². The second-order valence-electron chi connectivity index (χ2n) is 4.73. The van der Waals surface area contributed by atoms with Gasteiger partial charge in [-0.2, -0.15) is 4.68 Å². The van der Waals surface area contributed by atoms with Crippen LogP contribution in [0.4, 0.5) is 5.82 Å². The molecule has 0 bridgehead atoms. The van der Waals surface area contributed by atoms with Crippen LogP contribution in [0.2, 0.25) is 0 Å². The van der Waals surface area contributed by atoms with Gasteiger partial charge in [0, 0.05) is 0 Å². The number of esters is 1. The lowest BCUT2D eigenvalue weighted by atomic mass is 10.1. The lowest BCUT2D eigenvalue weighted by Crippen LogP contribution is -2.09. The van der Waals surface area contributed by atoms with Crippen LogP contribution in [0.25, 0.3) is 5.69 Å². The van der Waals surface area contributed by atoms with Crippen molar-refractivity contribution in [3.8, 4) is 5.69 Å². The van der Waals surface area contributed by atoms with E-state index in [9.17, 15) is 4.79 Å². The van der Waals surface area contributed by atoms with Gasteiger partial charge < -0.3 is 10.5 Å². The van der Waals surface area contributed by atoms with Crippen molar-refractivity contribution in [2.75, 3.05) is 12.3 Å². The first kappa shape index (κ1) is 15.0. The van der Waals surface area contributed by atoms with Crippen molar-refractivity contribution in [2.45, 2.75) is 33.1 Å². The molecule has 2 rings (SSSR count). The molecule has 6 nitrogen and oxygen atoms in total. The lowest BCUT2D eigenvalue weighted by molar-refractivity contribution is 0.0520. The predicted molar refractivity (Wildman–Crippen MR) is 80.3 cm³/mol. The summed E-state index contributed by atoms with van der Waals surface area (Å²) in [6.45, 7) is 4.17. The summed E-state index contributed by atoms with van der Waals surface area (Å²) < 4.78 is 6.33. The number of nitrogens with zero attached hydrogens (tertiary/aromatic N) is 3. The number of unbranched alkanes of at least 4 members (excludes halogenated alkanes) is 1. The first-order valence-electron chi connectivity index (χ1n) is 7.15. The third-order valence-corrected chi connectivity index (χ3v) is 3.17. The number of ether oxygens (including phenoxy) is 1. The molecule has 2 aromatic rings. The average Bonchev–Trinajstić information content (AvgIpc) is 2.88. The Labute approximate surface area is 123 Å². The number of aryl methyl sites for hydroxylation is 1. The van der Waals surface area contributed by atoms with E-state index in [-0.39, 0.29) is 18.1 Å². The number of carbonyl (C=O) groups is 1. The Hall–Kier alpha value is -2.37. The van der Waals surface area contributed by atoms with Gasteiger partial charge in [0.15, 0.2) is 5.82 Å². The average molecular weight is 288 g/mol. The fourth-order valence-corrected chi connectivity index (χ4v) is 2.01. The van der Waals surface area contributed by atoms with Gasteiger partial charge in [0.1, 0.15) is 0 Å². The number of hydrogen-bond donors (Lipinski definition) is 1. The Bertz CT molecular complexity index is 605. The number of anilines is 1. The highest BCUT2D eigenvalue weighted by Gasteiger charge is 2.19. The third-order valence-electron chi connectivity index (χ3n) is 3.17. The maximum Gasteiger partial charge on any atom is 0.362 e. The first-order chi connectivity index (χ1) is 10.2. The van der Waals surface area contributed by atoms with Crippen molar-refractivity contribution in [2.24, 2.45) is 0 Å². The Morgan fingerprint density at radius 2 is 2.00 bits per heavy atom. The second-order valence-corrected chi connectivity index (χ2v) is 4.73. The summed E-state index contributed by atoms with van der Waals surface area (Å²) in [6.07, 6.45) is 3.39. The van der Waals surface area contributed by atoms with Crippen molar-refractivity contribution < 1.29 is 9.53 Å². The molecule has 6 heteroatoms. The molecule has 1 heterocycles. The smallest absolute Gasteiger partial charge is 0.362 e. The third kappa shape index (κ3) is 3.39. The topological polar surface area (TPSA) is 83.0 Å². The van der Waals surface area contributed by atoms with Gasteiger partial charge in [-0.25, -0.2) is 4.79 Å². The minimum Gasteiger partial charge on any atom is -0.461 e. The Balaban J connectivity index is 2.20. The van der Waals surface area contributed by atoms with Gasteiger partial charge >= 0.3 is 5.97 Å². The molecular weight excluding hydrogens is 268 g/mol. The number of rotatable bonds is 6. The van der Waals surface area contributed by atoms with Gasteiger partial charge in [-0.3, -0.25) is 0 Å². The largest absolute Gasteiger partial charge is 0.461 e.